The monoisotopic (exact) mass is 415 g/mol. The summed E-state index contributed by atoms with van der Waals surface area (Å²) in [7, 11) is 0. The average molecular weight is 416 g/mol. The molecule has 0 bridgehead atoms. The van der Waals surface area contributed by atoms with Gasteiger partial charge in [0.15, 0.2) is 5.13 Å². The van der Waals surface area contributed by atoms with E-state index in [0.717, 1.165) is 23.7 Å². The largest absolute Gasteiger partial charge is 0.298 e. The van der Waals surface area contributed by atoms with E-state index in [1.54, 1.807) is 0 Å². The fourth-order valence-electron chi connectivity index (χ4n) is 2.71. The number of halogens is 1. The molecular weight excluding hydrogens is 398 g/mol. The third-order valence-corrected chi connectivity index (χ3v) is 5.10. The van der Waals surface area contributed by atoms with Crippen LogP contribution < -0.4 is 5.32 Å². The van der Waals surface area contributed by atoms with Crippen LogP contribution in [-0.4, -0.2) is 15.8 Å². The number of hydrogen-bond acceptors (Lipinski definition) is 5. The number of amides is 1. The zero-order valence-electron chi connectivity index (χ0n) is 15.3. The first-order valence-corrected chi connectivity index (χ1v) is 9.89. The lowest BCUT2D eigenvalue weighted by Gasteiger charge is -2.05. The predicted octanol–water partition coefficient (Wildman–Crippen LogP) is 5.82. The molecule has 1 aromatic heterocycles. The standard InChI is InChI=1S/C20H18ClN3O3S/c1-12(2)9-13-3-5-14(6-4-13)18-11-28-20(22-18)23-19(25)16-8-7-15(24(26)27)10-17(16)21/h3-8,10-12H,9H2,1-2H3,(H,22,23,25). The number of nitrogens with one attached hydrogen (secondary N) is 1. The van der Waals surface area contributed by atoms with Crippen molar-refractivity contribution in [3.8, 4) is 11.3 Å². The number of carbonyl (C=O) groups is 1. The van der Waals surface area contributed by atoms with Gasteiger partial charge in [0, 0.05) is 23.1 Å². The normalized spacial score (nSPS) is 10.9. The Morgan fingerprint density at radius 1 is 1.25 bits per heavy atom. The molecule has 0 saturated carbocycles. The molecule has 0 aliphatic rings. The topological polar surface area (TPSA) is 85.1 Å². The Labute approximate surface area is 171 Å². The summed E-state index contributed by atoms with van der Waals surface area (Å²) in [5.41, 5.74) is 3.00. The number of nitro groups is 1. The van der Waals surface area contributed by atoms with E-state index in [-0.39, 0.29) is 16.3 Å². The van der Waals surface area contributed by atoms with Crippen LogP contribution in [0.5, 0.6) is 0 Å². The fourth-order valence-corrected chi connectivity index (χ4v) is 3.69. The summed E-state index contributed by atoms with van der Waals surface area (Å²) in [4.78, 5) is 27.1. The van der Waals surface area contributed by atoms with Crippen LogP contribution >= 0.6 is 22.9 Å². The number of nitro benzene ring substituents is 1. The smallest absolute Gasteiger partial charge is 0.270 e. The maximum atomic E-state index is 12.4. The average Bonchev–Trinajstić information content (AvgIpc) is 3.10. The number of carbonyl (C=O) groups excluding carboxylic acids is 1. The maximum absolute atomic E-state index is 12.4. The molecule has 6 nitrogen and oxygen atoms in total. The van der Waals surface area contributed by atoms with Crippen LogP contribution in [0.4, 0.5) is 10.8 Å². The molecule has 28 heavy (non-hydrogen) atoms. The molecule has 2 aromatic carbocycles. The van der Waals surface area contributed by atoms with Crippen molar-refractivity contribution < 1.29 is 9.72 Å². The van der Waals surface area contributed by atoms with Crippen LogP contribution in [-0.2, 0) is 6.42 Å². The van der Waals surface area contributed by atoms with Crippen LogP contribution in [0.15, 0.2) is 47.8 Å². The minimum absolute atomic E-state index is 0.0178. The first-order valence-electron chi connectivity index (χ1n) is 8.63. The second kappa shape index (κ2) is 8.50. The van der Waals surface area contributed by atoms with Crippen LogP contribution in [0, 0.1) is 16.0 Å². The predicted molar refractivity (Wildman–Crippen MR) is 112 cm³/mol. The van der Waals surface area contributed by atoms with E-state index in [1.807, 2.05) is 17.5 Å². The summed E-state index contributed by atoms with van der Waals surface area (Å²) < 4.78 is 0. The second-order valence-corrected chi connectivity index (χ2v) is 7.97. The van der Waals surface area contributed by atoms with E-state index in [1.165, 1.54) is 29.0 Å². The lowest BCUT2D eigenvalue weighted by molar-refractivity contribution is -0.384. The number of thiazole rings is 1. The Balaban J connectivity index is 1.72. The first-order chi connectivity index (χ1) is 13.3. The minimum atomic E-state index is -0.562. The first kappa shape index (κ1) is 20.0. The van der Waals surface area contributed by atoms with Gasteiger partial charge < -0.3 is 0 Å². The summed E-state index contributed by atoms with van der Waals surface area (Å²) in [5.74, 6) is 0.131. The molecule has 0 radical (unpaired) electrons. The highest BCUT2D eigenvalue weighted by molar-refractivity contribution is 7.14. The Morgan fingerprint density at radius 3 is 2.57 bits per heavy atom. The SMILES string of the molecule is CC(C)Cc1ccc(-c2csc(NC(=O)c3ccc([N+](=O)[O-])cc3Cl)n2)cc1. The molecule has 1 heterocycles. The van der Waals surface area contributed by atoms with Crippen LogP contribution in [0.3, 0.4) is 0 Å². The number of aromatic nitrogens is 1. The third kappa shape index (κ3) is 4.74. The Kier molecular flexibility index (Phi) is 6.06. The van der Waals surface area contributed by atoms with Crippen LogP contribution in [0.2, 0.25) is 5.02 Å². The van der Waals surface area contributed by atoms with Gasteiger partial charge in [0.05, 0.1) is 21.2 Å². The van der Waals surface area contributed by atoms with E-state index in [4.69, 9.17) is 11.6 Å². The van der Waals surface area contributed by atoms with Gasteiger partial charge in [0.2, 0.25) is 0 Å². The van der Waals surface area contributed by atoms with Gasteiger partial charge in [0.1, 0.15) is 0 Å². The minimum Gasteiger partial charge on any atom is -0.298 e. The lowest BCUT2D eigenvalue weighted by atomic mass is 10.0. The second-order valence-electron chi connectivity index (χ2n) is 6.71. The molecule has 3 aromatic rings. The van der Waals surface area contributed by atoms with Crippen molar-refractivity contribution in [2.24, 2.45) is 5.92 Å². The van der Waals surface area contributed by atoms with Gasteiger partial charge in [-0.05, 0) is 24.0 Å². The molecule has 0 atom stereocenters. The summed E-state index contributed by atoms with van der Waals surface area (Å²) in [6.07, 6.45) is 1.02. The van der Waals surface area contributed by atoms with E-state index in [2.05, 4.69) is 36.3 Å². The molecule has 144 valence electrons. The van der Waals surface area contributed by atoms with Crippen molar-refractivity contribution in [2.75, 3.05) is 5.32 Å². The summed E-state index contributed by atoms with van der Waals surface area (Å²) in [5, 5.41) is 15.8. The molecule has 0 saturated heterocycles. The van der Waals surface area contributed by atoms with Crippen LogP contribution in [0.25, 0.3) is 11.3 Å². The number of rotatable bonds is 6. The van der Waals surface area contributed by atoms with Crippen molar-refractivity contribution in [1.82, 2.24) is 4.98 Å². The van der Waals surface area contributed by atoms with Crippen molar-refractivity contribution in [3.05, 3.63) is 74.1 Å². The molecular formula is C20H18ClN3O3S. The van der Waals surface area contributed by atoms with Gasteiger partial charge in [-0.3, -0.25) is 20.2 Å². The van der Waals surface area contributed by atoms with E-state index in [9.17, 15) is 14.9 Å². The molecule has 8 heteroatoms. The van der Waals surface area contributed by atoms with Gasteiger partial charge >= 0.3 is 0 Å². The van der Waals surface area contributed by atoms with Crippen molar-refractivity contribution in [3.63, 3.8) is 0 Å². The van der Waals surface area contributed by atoms with E-state index < -0.39 is 10.8 Å². The third-order valence-electron chi connectivity index (χ3n) is 4.03. The number of hydrogen-bond donors (Lipinski definition) is 1. The highest BCUT2D eigenvalue weighted by Crippen LogP contribution is 2.27. The Morgan fingerprint density at radius 2 is 1.96 bits per heavy atom. The zero-order chi connectivity index (χ0) is 20.3. The highest BCUT2D eigenvalue weighted by Gasteiger charge is 2.16. The van der Waals surface area contributed by atoms with Crippen molar-refractivity contribution in [2.45, 2.75) is 20.3 Å². The highest BCUT2D eigenvalue weighted by atomic mass is 35.5. The summed E-state index contributed by atoms with van der Waals surface area (Å²) in [6, 6.07) is 11.9. The van der Waals surface area contributed by atoms with Crippen LogP contribution in [0.1, 0.15) is 29.8 Å². The molecule has 0 aliphatic carbocycles. The number of nitrogens with zero attached hydrogens (tertiary/aromatic N) is 2. The summed E-state index contributed by atoms with van der Waals surface area (Å²) in [6.45, 7) is 4.36. The molecule has 1 N–H and O–H groups in total. The van der Waals surface area contributed by atoms with Gasteiger partial charge in [-0.1, -0.05) is 49.7 Å². The Bertz CT molecular complexity index is 1020. The molecule has 0 fully saturated rings. The van der Waals surface area contributed by atoms with Gasteiger partial charge in [0.25, 0.3) is 11.6 Å². The zero-order valence-corrected chi connectivity index (χ0v) is 16.9. The van der Waals surface area contributed by atoms with E-state index >= 15 is 0 Å². The van der Waals surface area contributed by atoms with Crippen molar-refractivity contribution >= 4 is 39.7 Å². The molecule has 0 unspecified atom stereocenters. The van der Waals surface area contributed by atoms with Gasteiger partial charge in [-0.2, -0.15) is 0 Å². The number of non-ortho nitro benzene ring substituents is 1. The quantitative estimate of drug-likeness (QED) is 0.405. The fraction of sp³-hybridized carbons (Fsp3) is 0.200. The molecule has 0 aliphatic heterocycles. The van der Waals surface area contributed by atoms with E-state index in [0.29, 0.717) is 11.0 Å². The number of benzene rings is 2. The van der Waals surface area contributed by atoms with Crippen molar-refractivity contribution in [1.29, 1.82) is 0 Å². The van der Waals surface area contributed by atoms with Gasteiger partial charge in [-0.15, -0.1) is 11.3 Å². The molecule has 3 rings (SSSR count). The summed E-state index contributed by atoms with van der Waals surface area (Å²) >= 11 is 7.31. The Hall–Kier alpha value is -2.77. The molecule has 1 amide bonds. The molecule has 0 spiro atoms. The lowest BCUT2D eigenvalue weighted by Crippen LogP contribution is -2.12. The maximum Gasteiger partial charge on any atom is 0.270 e. The number of anilines is 1. The van der Waals surface area contributed by atoms with Gasteiger partial charge in [-0.25, -0.2) is 4.98 Å².